The maximum absolute atomic E-state index is 12.1. The number of fused-ring (bicyclic) bond motifs is 1. The second-order valence-electron chi connectivity index (χ2n) is 5.71. The lowest BCUT2D eigenvalue weighted by Crippen LogP contribution is -2.33. The van der Waals surface area contributed by atoms with Crippen molar-refractivity contribution in [3.05, 3.63) is 48.0 Å². The number of nitrogens with one attached hydrogen (secondary N) is 2. The van der Waals surface area contributed by atoms with Gasteiger partial charge in [0, 0.05) is 19.5 Å². The molecule has 0 heterocycles. The maximum Gasteiger partial charge on any atom is 0.312 e. The summed E-state index contributed by atoms with van der Waals surface area (Å²) in [7, 11) is 0. The van der Waals surface area contributed by atoms with E-state index in [1.165, 1.54) is 0 Å². The van der Waals surface area contributed by atoms with Crippen molar-refractivity contribution in [2.45, 2.75) is 25.3 Å². The van der Waals surface area contributed by atoms with Crippen molar-refractivity contribution in [3.63, 3.8) is 0 Å². The summed E-state index contributed by atoms with van der Waals surface area (Å²) in [5.41, 5.74) is 11.8. The molecule has 1 atom stereocenters. The number of benzene rings is 2. The highest BCUT2D eigenvalue weighted by Gasteiger charge is 2.13. The smallest absolute Gasteiger partial charge is 0.312 e. The van der Waals surface area contributed by atoms with Gasteiger partial charge in [-0.2, -0.15) is 0 Å². The number of rotatable bonds is 8. The van der Waals surface area contributed by atoms with E-state index in [0.29, 0.717) is 32.4 Å². The van der Waals surface area contributed by atoms with Crippen LogP contribution in [-0.4, -0.2) is 25.0 Å². The molecule has 2 aromatic carbocycles. The molecule has 25 heavy (non-hydrogen) atoms. The Morgan fingerprint density at radius 2 is 1.76 bits per heavy atom. The van der Waals surface area contributed by atoms with Gasteiger partial charge >= 0.3 is 6.03 Å². The molecule has 0 aromatic heterocycles. The van der Waals surface area contributed by atoms with Gasteiger partial charge in [0.1, 0.15) is 0 Å². The van der Waals surface area contributed by atoms with Crippen molar-refractivity contribution in [3.8, 4) is 0 Å². The van der Waals surface area contributed by atoms with Gasteiger partial charge in [-0.05, 0) is 35.2 Å². The lowest BCUT2D eigenvalue weighted by Gasteiger charge is -2.18. The summed E-state index contributed by atoms with van der Waals surface area (Å²) < 4.78 is 0. The standard InChI is InChI=1S/C18H24N4O2.ClH/c19-12-16(22-17(23)7-3-4-10-21-18(20)24)15-9-8-13-5-1-2-6-14(13)11-15;/h1-2,5-6,8-9,11,16H,3-4,7,10,12,19H2,(H,22,23)(H3,20,21,24);1H. The summed E-state index contributed by atoms with van der Waals surface area (Å²) in [5, 5.41) is 7.76. The Balaban J connectivity index is 0.00000312. The predicted molar refractivity (Wildman–Crippen MR) is 103 cm³/mol. The van der Waals surface area contributed by atoms with Crippen LogP contribution in [0.25, 0.3) is 10.8 Å². The molecule has 0 bridgehead atoms. The molecule has 7 heteroatoms. The van der Waals surface area contributed by atoms with Crippen molar-refractivity contribution in [2.75, 3.05) is 13.1 Å². The van der Waals surface area contributed by atoms with E-state index < -0.39 is 6.03 Å². The van der Waals surface area contributed by atoms with Gasteiger partial charge in [0.2, 0.25) is 5.91 Å². The quantitative estimate of drug-likeness (QED) is 0.539. The van der Waals surface area contributed by atoms with Gasteiger partial charge in [0.25, 0.3) is 0 Å². The third-order valence-electron chi connectivity index (χ3n) is 3.88. The fourth-order valence-electron chi connectivity index (χ4n) is 2.59. The van der Waals surface area contributed by atoms with Crippen LogP contribution < -0.4 is 22.1 Å². The van der Waals surface area contributed by atoms with E-state index >= 15 is 0 Å². The minimum atomic E-state index is -0.543. The van der Waals surface area contributed by atoms with Gasteiger partial charge in [-0.3, -0.25) is 4.79 Å². The first kappa shape index (κ1) is 20.7. The SMILES string of the molecule is Cl.NCC(NC(=O)CCCCNC(N)=O)c1ccc2ccccc2c1. The highest BCUT2D eigenvalue weighted by molar-refractivity contribution is 5.85. The van der Waals surface area contributed by atoms with Crippen LogP contribution in [0.5, 0.6) is 0 Å². The number of unbranched alkanes of at least 4 members (excludes halogenated alkanes) is 1. The van der Waals surface area contributed by atoms with Gasteiger partial charge in [-0.25, -0.2) is 4.79 Å². The number of hydrogen-bond donors (Lipinski definition) is 4. The van der Waals surface area contributed by atoms with Gasteiger partial charge in [-0.15, -0.1) is 12.4 Å². The average Bonchev–Trinajstić information content (AvgIpc) is 2.58. The minimum absolute atomic E-state index is 0. The monoisotopic (exact) mass is 364 g/mol. The van der Waals surface area contributed by atoms with Gasteiger partial charge in [0.15, 0.2) is 0 Å². The van der Waals surface area contributed by atoms with E-state index in [9.17, 15) is 9.59 Å². The zero-order chi connectivity index (χ0) is 17.4. The lowest BCUT2D eigenvalue weighted by molar-refractivity contribution is -0.121. The summed E-state index contributed by atoms with van der Waals surface area (Å²) in [6, 6.07) is 13.4. The number of urea groups is 1. The van der Waals surface area contributed by atoms with Crippen molar-refractivity contribution in [1.29, 1.82) is 0 Å². The first-order valence-electron chi connectivity index (χ1n) is 8.11. The number of carbonyl (C=O) groups excluding carboxylic acids is 2. The first-order valence-corrected chi connectivity index (χ1v) is 8.11. The molecule has 0 aliphatic heterocycles. The van der Waals surface area contributed by atoms with Crippen LogP contribution in [0.2, 0.25) is 0 Å². The third-order valence-corrected chi connectivity index (χ3v) is 3.88. The average molecular weight is 365 g/mol. The van der Waals surface area contributed by atoms with Gasteiger partial charge in [-0.1, -0.05) is 36.4 Å². The molecule has 6 nitrogen and oxygen atoms in total. The molecule has 0 saturated carbocycles. The molecule has 3 amide bonds. The number of nitrogens with two attached hydrogens (primary N) is 2. The van der Waals surface area contributed by atoms with Crippen LogP contribution in [-0.2, 0) is 4.79 Å². The molecule has 0 aliphatic rings. The second-order valence-corrected chi connectivity index (χ2v) is 5.71. The molecule has 2 aromatic rings. The summed E-state index contributed by atoms with van der Waals surface area (Å²) >= 11 is 0. The van der Waals surface area contributed by atoms with Crippen LogP contribution in [0.1, 0.15) is 30.9 Å². The van der Waals surface area contributed by atoms with E-state index in [1.807, 2.05) is 30.3 Å². The van der Waals surface area contributed by atoms with Crippen molar-refractivity contribution >= 4 is 35.1 Å². The van der Waals surface area contributed by atoms with E-state index in [4.69, 9.17) is 11.5 Å². The summed E-state index contributed by atoms with van der Waals surface area (Å²) in [6.07, 6.45) is 1.78. The Morgan fingerprint density at radius 1 is 1.04 bits per heavy atom. The number of primary amides is 1. The molecule has 2 rings (SSSR count). The minimum Gasteiger partial charge on any atom is -0.352 e. The zero-order valence-corrected chi connectivity index (χ0v) is 14.9. The Morgan fingerprint density at radius 3 is 2.44 bits per heavy atom. The van der Waals surface area contributed by atoms with Gasteiger partial charge in [0.05, 0.1) is 6.04 Å². The number of halogens is 1. The van der Waals surface area contributed by atoms with E-state index in [-0.39, 0.29) is 24.4 Å². The van der Waals surface area contributed by atoms with Crippen LogP contribution in [0.3, 0.4) is 0 Å². The summed E-state index contributed by atoms with van der Waals surface area (Å²) in [4.78, 5) is 22.6. The molecule has 136 valence electrons. The normalized spacial score (nSPS) is 11.4. The van der Waals surface area contributed by atoms with E-state index in [2.05, 4.69) is 22.8 Å². The fraction of sp³-hybridized carbons (Fsp3) is 0.333. The lowest BCUT2D eigenvalue weighted by atomic mass is 10.0. The second kappa shape index (κ2) is 10.5. The number of carbonyl (C=O) groups is 2. The molecular formula is C18H25ClN4O2. The molecule has 0 saturated heterocycles. The fourth-order valence-corrected chi connectivity index (χ4v) is 2.59. The van der Waals surface area contributed by atoms with Gasteiger partial charge < -0.3 is 22.1 Å². The largest absolute Gasteiger partial charge is 0.352 e. The Hall–Kier alpha value is -2.31. The number of amides is 3. The van der Waals surface area contributed by atoms with Crippen LogP contribution in [0.4, 0.5) is 4.79 Å². The topological polar surface area (TPSA) is 110 Å². The molecule has 0 fully saturated rings. The highest BCUT2D eigenvalue weighted by atomic mass is 35.5. The Kier molecular flexibility index (Phi) is 8.74. The van der Waals surface area contributed by atoms with Crippen molar-refractivity contribution in [2.24, 2.45) is 11.5 Å². The Labute approximate surface area is 153 Å². The third kappa shape index (κ3) is 6.60. The summed E-state index contributed by atoms with van der Waals surface area (Å²) in [6.45, 7) is 0.820. The van der Waals surface area contributed by atoms with E-state index in [1.54, 1.807) is 0 Å². The first-order chi connectivity index (χ1) is 11.6. The predicted octanol–water partition coefficient (Wildman–Crippen LogP) is 2.22. The Bertz CT molecular complexity index is 708. The van der Waals surface area contributed by atoms with Crippen LogP contribution >= 0.6 is 12.4 Å². The van der Waals surface area contributed by atoms with Crippen LogP contribution in [0.15, 0.2) is 42.5 Å². The summed E-state index contributed by atoms with van der Waals surface area (Å²) in [5.74, 6) is -0.0438. The number of hydrogen-bond acceptors (Lipinski definition) is 3. The molecule has 6 N–H and O–H groups in total. The zero-order valence-electron chi connectivity index (χ0n) is 14.0. The van der Waals surface area contributed by atoms with E-state index in [0.717, 1.165) is 16.3 Å². The molecular weight excluding hydrogens is 340 g/mol. The molecule has 0 radical (unpaired) electrons. The molecule has 1 unspecified atom stereocenters. The highest BCUT2D eigenvalue weighted by Crippen LogP contribution is 2.20. The van der Waals surface area contributed by atoms with Crippen molar-refractivity contribution in [1.82, 2.24) is 10.6 Å². The molecule has 0 aliphatic carbocycles. The molecule has 0 spiro atoms. The maximum atomic E-state index is 12.1. The van der Waals surface area contributed by atoms with Crippen LogP contribution in [0, 0.1) is 0 Å². The van der Waals surface area contributed by atoms with Crippen molar-refractivity contribution < 1.29 is 9.59 Å².